The van der Waals surface area contributed by atoms with Crippen molar-refractivity contribution < 1.29 is 9.53 Å². The van der Waals surface area contributed by atoms with Crippen LogP contribution in [0, 0.1) is 6.92 Å². The Balaban J connectivity index is 3.11. The smallest absolute Gasteiger partial charge is 0.343 e. The average Bonchev–Trinajstić information content (AvgIpc) is 2.17. The number of hydrogen-bond acceptors (Lipinski definition) is 5. The van der Waals surface area contributed by atoms with Crippen LogP contribution in [-0.4, -0.2) is 36.6 Å². The molecule has 1 aromatic heterocycles. The lowest BCUT2D eigenvalue weighted by molar-refractivity contribution is 0.0526. The maximum atomic E-state index is 11.6. The first kappa shape index (κ1) is 11.4. The fourth-order valence-electron chi connectivity index (χ4n) is 1.15. The van der Waals surface area contributed by atoms with Gasteiger partial charge in [0.1, 0.15) is 17.2 Å². The lowest BCUT2D eigenvalue weighted by Gasteiger charge is -2.15. The van der Waals surface area contributed by atoms with Crippen molar-refractivity contribution >= 4 is 11.8 Å². The number of hydrogen-bond donors (Lipinski definition) is 0. The number of rotatable bonds is 3. The van der Waals surface area contributed by atoms with Crippen LogP contribution in [0.3, 0.4) is 0 Å². The van der Waals surface area contributed by atoms with E-state index in [1.807, 2.05) is 14.1 Å². The van der Waals surface area contributed by atoms with Crippen molar-refractivity contribution in [3.8, 4) is 0 Å². The van der Waals surface area contributed by atoms with Crippen LogP contribution in [0.5, 0.6) is 0 Å². The number of aromatic nitrogens is 2. The molecule has 1 rings (SSSR count). The summed E-state index contributed by atoms with van der Waals surface area (Å²) in [5, 5.41) is 0. The highest BCUT2D eigenvalue weighted by Crippen LogP contribution is 2.15. The van der Waals surface area contributed by atoms with E-state index in [0.29, 0.717) is 23.8 Å². The molecule has 0 amide bonds. The second-order valence-electron chi connectivity index (χ2n) is 3.27. The van der Waals surface area contributed by atoms with Gasteiger partial charge in [0, 0.05) is 20.3 Å². The second kappa shape index (κ2) is 4.72. The molecule has 15 heavy (non-hydrogen) atoms. The zero-order valence-corrected chi connectivity index (χ0v) is 9.44. The van der Waals surface area contributed by atoms with Crippen LogP contribution in [0.15, 0.2) is 6.20 Å². The van der Waals surface area contributed by atoms with E-state index < -0.39 is 0 Å². The number of anilines is 1. The molecule has 0 atom stereocenters. The third-order valence-corrected chi connectivity index (χ3v) is 1.81. The minimum atomic E-state index is -0.388. The van der Waals surface area contributed by atoms with Crippen molar-refractivity contribution in [3.05, 3.63) is 17.6 Å². The van der Waals surface area contributed by atoms with Gasteiger partial charge in [0.05, 0.1) is 6.61 Å². The molecule has 82 valence electrons. The largest absolute Gasteiger partial charge is 0.462 e. The fraction of sp³-hybridized carbons (Fsp3) is 0.500. The van der Waals surface area contributed by atoms with E-state index in [0.717, 1.165) is 0 Å². The molecule has 5 heteroatoms. The third-order valence-electron chi connectivity index (χ3n) is 1.81. The van der Waals surface area contributed by atoms with Gasteiger partial charge in [-0.05, 0) is 13.8 Å². The van der Waals surface area contributed by atoms with E-state index in [-0.39, 0.29) is 5.97 Å². The van der Waals surface area contributed by atoms with E-state index in [9.17, 15) is 4.79 Å². The second-order valence-corrected chi connectivity index (χ2v) is 3.27. The lowest BCUT2D eigenvalue weighted by Crippen LogP contribution is -2.18. The average molecular weight is 209 g/mol. The number of carbonyl (C=O) groups is 1. The molecule has 1 heterocycles. The number of carbonyl (C=O) groups excluding carboxylic acids is 1. The Kier molecular flexibility index (Phi) is 3.60. The van der Waals surface area contributed by atoms with Crippen LogP contribution in [-0.2, 0) is 4.74 Å². The van der Waals surface area contributed by atoms with Crippen molar-refractivity contribution in [2.45, 2.75) is 13.8 Å². The monoisotopic (exact) mass is 209 g/mol. The predicted molar refractivity (Wildman–Crippen MR) is 57.1 cm³/mol. The molecule has 1 aromatic rings. The van der Waals surface area contributed by atoms with Crippen molar-refractivity contribution in [3.63, 3.8) is 0 Å². The van der Waals surface area contributed by atoms with Crippen LogP contribution >= 0.6 is 0 Å². The van der Waals surface area contributed by atoms with Crippen LogP contribution < -0.4 is 4.90 Å². The Morgan fingerprint density at radius 1 is 1.53 bits per heavy atom. The van der Waals surface area contributed by atoms with E-state index in [4.69, 9.17) is 4.74 Å². The quantitative estimate of drug-likeness (QED) is 0.696. The molecule has 0 N–H and O–H groups in total. The Bertz CT molecular complexity index is 364. The number of esters is 1. The van der Waals surface area contributed by atoms with Crippen molar-refractivity contribution in [1.29, 1.82) is 0 Å². The van der Waals surface area contributed by atoms with Crippen LogP contribution in [0.2, 0.25) is 0 Å². The number of ether oxygens (including phenoxy) is 1. The summed E-state index contributed by atoms with van der Waals surface area (Å²) in [4.78, 5) is 21.5. The first-order valence-corrected chi connectivity index (χ1v) is 4.74. The standard InChI is InChI=1S/C10H15N3O2/c1-5-15-10(14)8-6-11-7(2)12-9(8)13(3)4/h6H,5H2,1-4H3. The molecule has 0 fully saturated rings. The van der Waals surface area contributed by atoms with Crippen LogP contribution in [0.1, 0.15) is 23.1 Å². The van der Waals surface area contributed by atoms with E-state index >= 15 is 0 Å². The van der Waals surface area contributed by atoms with Gasteiger partial charge in [-0.25, -0.2) is 14.8 Å². The highest BCUT2D eigenvalue weighted by atomic mass is 16.5. The third kappa shape index (κ3) is 2.65. The topological polar surface area (TPSA) is 55.3 Å². The van der Waals surface area contributed by atoms with Gasteiger partial charge in [0.25, 0.3) is 0 Å². The van der Waals surface area contributed by atoms with Gasteiger partial charge in [-0.1, -0.05) is 0 Å². The highest BCUT2D eigenvalue weighted by Gasteiger charge is 2.16. The Morgan fingerprint density at radius 3 is 2.73 bits per heavy atom. The maximum absolute atomic E-state index is 11.6. The van der Waals surface area contributed by atoms with Gasteiger partial charge >= 0.3 is 5.97 Å². The van der Waals surface area contributed by atoms with Gasteiger partial charge in [-0.15, -0.1) is 0 Å². The molecule has 0 aromatic carbocycles. The summed E-state index contributed by atoms with van der Waals surface area (Å²) in [6, 6.07) is 0. The zero-order valence-electron chi connectivity index (χ0n) is 9.44. The molecule has 0 radical (unpaired) electrons. The summed E-state index contributed by atoms with van der Waals surface area (Å²) in [7, 11) is 3.65. The first-order valence-electron chi connectivity index (χ1n) is 4.74. The summed E-state index contributed by atoms with van der Waals surface area (Å²) in [6.45, 7) is 3.89. The van der Waals surface area contributed by atoms with E-state index in [1.54, 1.807) is 18.7 Å². The summed E-state index contributed by atoms with van der Waals surface area (Å²) in [5.74, 6) is 0.828. The van der Waals surface area contributed by atoms with Gasteiger partial charge in [-0.3, -0.25) is 0 Å². The number of nitrogens with zero attached hydrogens (tertiary/aromatic N) is 3. The lowest BCUT2D eigenvalue weighted by atomic mass is 10.3. The SMILES string of the molecule is CCOC(=O)c1cnc(C)nc1N(C)C. The summed E-state index contributed by atoms with van der Waals surface area (Å²) < 4.78 is 4.91. The molecular weight excluding hydrogens is 194 g/mol. The molecule has 0 spiro atoms. The molecule has 0 unspecified atom stereocenters. The number of aryl methyl sites for hydroxylation is 1. The Labute approximate surface area is 89.1 Å². The van der Waals surface area contributed by atoms with Gasteiger partial charge in [0.2, 0.25) is 0 Å². The fourth-order valence-corrected chi connectivity index (χ4v) is 1.15. The molecular formula is C10H15N3O2. The molecule has 5 nitrogen and oxygen atoms in total. The van der Waals surface area contributed by atoms with Gasteiger partial charge in [0.15, 0.2) is 0 Å². The zero-order chi connectivity index (χ0) is 11.4. The molecule has 0 aliphatic carbocycles. The van der Waals surface area contributed by atoms with Crippen LogP contribution in [0.4, 0.5) is 5.82 Å². The molecule has 0 saturated carbocycles. The molecule has 0 aliphatic rings. The summed E-state index contributed by atoms with van der Waals surface area (Å²) in [6.07, 6.45) is 1.50. The summed E-state index contributed by atoms with van der Waals surface area (Å²) >= 11 is 0. The van der Waals surface area contributed by atoms with Crippen molar-refractivity contribution in [2.75, 3.05) is 25.6 Å². The van der Waals surface area contributed by atoms with Gasteiger partial charge < -0.3 is 9.64 Å². The highest BCUT2D eigenvalue weighted by molar-refractivity contribution is 5.94. The maximum Gasteiger partial charge on any atom is 0.343 e. The summed E-state index contributed by atoms with van der Waals surface area (Å²) in [5.41, 5.74) is 0.396. The molecule has 0 aliphatic heterocycles. The predicted octanol–water partition coefficient (Wildman–Crippen LogP) is 1.03. The minimum Gasteiger partial charge on any atom is -0.462 e. The first-order chi connectivity index (χ1) is 7.06. The van der Waals surface area contributed by atoms with Crippen LogP contribution in [0.25, 0.3) is 0 Å². The molecule has 0 saturated heterocycles. The van der Waals surface area contributed by atoms with E-state index in [1.165, 1.54) is 6.20 Å². The molecule has 0 bridgehead atoms. The minimum absolute atomic E-state index is 0.347. The normalized spacial score (nSPS) is 9.87. The Morgan fingerprint density at radius 2 is 2.20 bits per heavy atom. The van der Waals surface area contributed by atoms with Crippen molar-refractivity contribution in [1.82, 2.24) is 9.97 Å². The Hall–Kier alpha value is -1.65. The van der Waals surface area contributed by atoms with Gasteiger partial charge in [-0.2, -0.15) is 0 Å². The van der Waals surface area contributed by atoms with Crippen molar-refractivity contribution in [2.24, 2.45) is 0 Å². The van der Waals surface area contributed by atoms with E-state index in [2.05, 4.69) is 9.97 Å².